The number of nitrogens with one attached hydrogen (secondary N) is 1. The number of carbonyl (C=O) groups is 2. The molecule has 1 N–H and O–H groups in total. The van der Waals surface area contributed by atoms with Crippen LogP contribution in [-0.2, 0) is 10.2 Å². The Morgan fingerprint density at radius 3 is 2.40 bits per heavy atom. The normalized spacial score (nSPS) is 15.0. The predicted molar refractivity (Wildman–Crippen MR) is 120 cm³/mol. The molecule has 5 heteroatoms. The molecule has 0 spiro atoms. The van der Waals surface area contributed by atoms with E-state index in [4.69, 9.17) is 4.74 Å². The van der Waals surface area contributed by atoms with Crippen LogP contribution in [0.1, 0.15) is 62.0 Å². The number of nitrogens with zero attached hydrogens (tertiary/aromatic N) is 1. The van der Waals surface area contributed by atoms with Crippen molar-refractivity contribution in [2.75, 3.05) is 18.4 Å². The minimum absolute atomic E-state index is 0.00426. The molecule has 1 unspecified atom stereocenters. The first-order valence-corrected chi connectivity index (χ1v) is 10.6. The van der Waals surface area contributed by atoms with Crippen LogP contribution in [0.2, 0.25) is 0 Å². The second kappa shape index (κ2) is 8.90. The van der Waals surface area contributed by atoms with Crippen LogP contribution in [0.3, 0.4) is 0 Å². The third-order valence-corrected chi connectivity index (χ3v) is 5.60. The van der Waals surface area contributed by atoms with Crippen molar-refractivity contribution in [1.29, 1.82) is 0 Å². The lowest BCUT2D eigenvalue weighted by molar-refractivity contribution is -0.122. The molecule has 0 saturated carbocycles. The van der Waals surface area contributed by atoms with Gasteiger partial charge in [-0.2, -0.15) is 0 Å². The largest absolute Gasteiger partial charge is 0.481 e. The van der Waals surface area contributed by atoms with E-state index in [0.717, 1.165) is 37.1 Å². The number of likely N-dealkylation sites (tertiary alicyclic amines) is 1. The molecule has 2 aromatic rings. The Kier molecular flexibility index (Phi) is 6.49. The molecule has 0 bridgehead atoms. The quantitative estimate of drug-likeness (QED) is 0.763. The van der Waals surface area contributed by atoms with Crippen LogP contribution in [0.25, 0.3) is 0 Å². The van der Waals surface area contributed by atoms with Crippen molar-refractivity contribution in [3.05, 3.63) is 59.2 Å². The van der Waals surface area contributed by atoms with Crippen LogP contribution in [0.15, 0.2) is 42.5 Å². The molecular weight excluding hydrogens is 376 g/mol. The minimum atomic E-state index is -0.669. The van der Waals surface area contributed by atoms with Crippen molar-refractivity contribution in [1.82, 2.24) is 4.90 Å². The van der Waals surface area contributed by atoms with Crippen molar-refractivity contribution in [2.45, 2.75) is 59.0 Å². The van der Waals surface area contributed by atoms with E-state index in [2.05, 4.69) is 32.2 Å². The molecule has 160 valence electrons. The molecule has 1 aliphatic heterocycles. The molecular formula is C25H32N2O3. The molecule has 1 aliphatic rings. The molecule has 5 nitrogen and oxygen atoms in total. The lowest BCUT2D eigenvalue weighted by Crippen LogP contribution is -2.31. The van der Waals surface area contributed by atoms with E-state index in [1.165, 1.54) is 0 Å². The summed E-state index contributed by atoms with van der Waals surface area (Å²) < 4.78 is 5.90. The summed E-state index contributed by atoms with van der Waals surface area (Å²) in [5, 5.41) is 2.93. The summed E-state index contributed by atoms with van der Waals surface area (Å²) in [5.74, 6) is 0.453. The van der Waals surface area contributed by atoms with Gasteiger partial charge in [-0.1, -0.05) is 39.0 Å². The van der Waals surface area contributed by atoms with E-state index in [0.29, 0.717) is 17.0 Å². The van der Waals surface area contributed by atoms with Gasteiger partial charge in [-0.3, -0.25) is 9.59 Å². The molecule has 2 amide bonds. The first-order chi connectivity index (χ1) is 14.2. The fourth-order valence-electron chi connectivity index (χ4n) is 3.62. The summed E-state index contributed by atoms with van der Waals surface area (Å²) in [6.45, 7) is 11.6. The van der Waals surface area contributed by atoms with Crippen molar-refractivity contribution in [2.24, 2.45) is 0 Å². The van der Waals surface area contributed by atoms with E-state index in [-0.39, 0.29) is 17.2 Å². The van der Waals surface area contributed by atoms with Crippen LogP contribution in [-0.4, -0.2) is 35.9 Å². The van der Waals surface area contributed by atoms with E-state index in [1.54, 1.807) is 6.92 Å². The summed E-state index contributed by atoms with van der Waals surface area (Å²) in [6.07, 6.45) is 1.43. The summed E-state index contributed by atoms with van der Waals surface area (Å²) >= 11 is 0. The summed E-state index contributed by atoms with van der Waals surface area (Å²) in [7, 11) is 0. The van der Waals surface area contributed by atoms with Crippen LogP contribution in [0, 0.1) is 6.92 Å². The summed E-state index contributed by atoms with van der Waals surface area (Å²) in [6, 6.07) is 13.3. The van der Waals surface area contributed by atoms with Crippen molar-refractivity contribution in [3.8, 4) is 5.75 Å². The molecule has 0 radical (unpaired) electrons. The molecule has 0 aromatic heterocycles. The van der Waals surface area contributed by atoms with E-state index in [1.807, 2.05) is 48.2 Å². The van der Waals surface area contributed by atoms with Crippen LogP contribution in [0.4, 0.5) is 5.69 Å². The van der Waals surface area contributed by atoms with Gasteiger partial charge in [0.15, 0.2) is 6.10 Å². The highest BCUT2D eigenvalue weighted by Crippen LogP contribution is 2.27. The Bertz CT molecular complexity index is 924. The maximum atomic E-state index is 12.8. The number of anilines is 1. The average Bonchev–Trinajstić information content (AvgIpc) is 3.23. The molecule has 3 rings (SSSR count). The number of carbonyl (C=O) groups excluding carboxylic acids is 2. The summed E-state index contributed by atoms with van der Waals surface area (Å²) in [5.41, 5.74) is 3.22. The Labute approximate surface area is 179 Å². The van der Waals surface area contributed by atoms with E-state index >= 15 is 0 Å². The second-order valence-corrected chi connectivity index (χ2v) is 9.00. The van der Waals surface area contributed by atoms with Gasteiger partial charge in [0.2, 0.25) is 0 Å². The van der Waals surface area contributed by atoms with Crippen molar-refractivity contribution in [3.63, 3.8) is 0 Å². The standard InChI is InChI=1S/C25H32N2O3/c1-17-21(24(29)27-14-6-7-15-27)12-9-13-22(17)26-23(28)18(2)30-20-11-8-10-19(16-20)25(3,4)5/h8-13,16,18H,6-7,14-15H2,1-5H3,(H,26,28). The first-order valence-electron chi connectivity index (χ1n) is 10.6. The van der Waals surface area contributed by atoms with Gasteiger partial charge in [-0.05, 0) is 67.5 Å². The number of rotatable bonds is 5. The number of hydrogen-bond acceptors (Lipinski definition) is 3. The average molecular weight is 409 g/mol. The Hall–Kier alpha value is -2.82. The smallest absolute Gasteiger partial charge is 0.265 e. The van der Waals surface area contributed by atoms with Crippen LogP contribution < -0.4 is 10.1 Å². The molecule has 1 atom stereocenters. The monoisotopic (exact) mass is 408 g/mol. The Morgan fingerprint density at radius 1 is 1.07 bits per heavy atom. The number of hydrogen-bond donors (Lipinski definition) is 1. The third-order valence-electron chi connectivity index (χ3n) is 5.60. The molecule has 1 heterocycles. The lowest BCUT2D eigenvalue weighted by atomic mass is 9.87. The number of amides is 2. The van der Waals surface area contributed by atoms with Gasteiger partial charge >= 0.3 is 0 Å². The maximum absolute atomic E-state index is 12.8. The molecule has 1 fully saturated rings. The highest BCUT2D eigenvalue weighted by Gasteiger charge is 2.23. The fourth-order valence-corrected chi connectivity index (χ4v) is 3.62. The van der Waals surface area contributed by atoms with Gasteiger partial charge in [0.05, 0.1) is 0 Å². The zero-order chi connectivity index (χ0) is 21.9. The maximum Gasteiger partial charge on any atom is 0.265 e. The predicted octanol–water partition coefficient (Wildman–Crippen LogP) is 4.93. The molecule has 1 saturated heterocycles. The highest BCUT2D eigenvalue weighted by atomic mass is 16.5. The Balaban J connectivity index is 1.70. The van der Waals surface area contributed by atoms with Crippen molar-refractivity contribution < 1.29 is 14.3 Å². The van der Waals surface area contributed by atoms with Crippen molar-refractivity contribution >= 4 is 17.5 Å². The summed E-state index contributed by atoms with van der Waals surface area (Å²) in [4.78, 5) is 27.4. The van der Waals surface area contributed by atoms with E-state index < -0.39 is 6.10 Å². The van der Waals surface area contributed by atoms with E-state index in [9.17, 15) is 9.59 Å². The second-order valence-electron chi connectivity index (χ2n) is 9.00. The minimum Gasteiger partial charge on any atom is -0.481 e. The van der Waals surface area contributed by atoms with Gasteiger partial charge in [0.1, 0.15) is 5.75 Å². The molecule has 2 aromatic carbocycles. The fraction of sp³-hybridized carbons (Fsp3) is 0.440. The lowest BCUT2D eigenvalue weighted by Gasteiger charge is -2.21. The van der Waals surface area contributed by atoms with Crippen LogP contribution in [0.5, 0.6) is 5.75 Å². The van der Waals surface area contributed by atoms with Gasteiger partial charge in [0.25, 0.3) is 11.8 Å². The topological polar surface area (TPSA) is 58.6 Å². The zero-order valence-corrected chi connectivity index (χ0v) is 18.6. The highest BCUT2D eigenvalue weighted by molar-refractivity contribution is 6.00. The number of benzene rings is 2. The number of ether oxygens (including phenoxy) is 1. The first kappa shape index (κ1) is 21.9. The SMILES string of the molecule is Cc1c(NC(=O)C(C)Oc2cccc(C(C)(C)C)c2)cccc1C(=O)N1CCCC1. The van der Waals surface area contributed by atoms with Gasteiger partial charge in [-0.25, -0.2) is 0 Å². The molecule has 0 aliphatic carbocycles. The third kappa shape index (κ3) is 5.02. The Morgan fingerprint density at radius 2 is 1.73 bits per heavy atom. The van der Waals surface area contributed by atoms with Gasteiger partial charge in [-0.15, -0.1) is 0 Å². The van der Waals surface area contributed by atoms with Crippen LogP contribution >= 0.6 is 0 Å². The van der Waals surface area contributed by atoms with Gasteiger partial charge < -0.3 is 15.0 Å². The van der Waals surface area contributed by atoms with Gasteiger partial charge in [0, 0.05) is 24.3 Å². The molecule has 30 heavy (non-hydrogen) atoms. The zero-order valence-electron chi connectivity index (χ0n) is 18.6.